The van der Waals surface area contributed by atoms with Gasteiger partial charge in [0.05, 0.1) is 11.2 Å². The molecule has 0 spiro atoms. The van der Waals surface area contributed by atoms with Crippen molar-refractivity contribution in [3.8, 4) is 5.88 Å². The third-order valence-electron chi connectivity index (χ3n) is 5.85. The van der Waals surface area contributed by atoms with Crippen molar-refractivity contribution in [3.63, 3.8) is 0 Å². The Labute approximate surface area is 183 Å². The van der Waals surface area contributed by atoms with Gasteiger partial charge in [-0.25, -0.2) is 9.97 Å². The minimum atomic E-state index is -2.81. The number of aromatic nitrogens is 3. The van der Waals surface area contributed by atoms with Gasteiger partial charge in [0.2, 0.25) is 11.8 Å². The zero-order chi connectivity index (χ0) is 22.7. The largest absolute Gasteiger partial charge is 0.473 e. The van der Waals surface area contributed by atoms with Crippen molar-refractivity contribution in [2.75, 3.05) is 19.8 Å². The van der Waals surface area contributed by atoms with Crippen molar-refractivity contribution in [1.29, 1.82) is 5.41 Å². The van der Waals surface area contributed by atoms with Crippen molar-refractivity contribution in [2.24, 2.45) is 5.92 Å². The van der Waals surface area contributed by atoms with Gasteiger partial charge in [-0.05, 0) is 25.8 Å². The Hall–Kier alpha value is -3.08. The number of pyridine rings is 1. The van der Waals surface area contributed by atoms with E-state index in [2.05, 4.69) is 20.6 Å². The van der Waals surface area contributed by atoms with Crippen LogP contribution in [0.4, 0.5) is 8.78 Å². The molecule has 0 bridgehead atoms. The van der Waals surface area contributed by atoms with Crippen LogP contribution in [-0.4, -0.2) is 58.6 Å². The minimum Gasteiger partial charge on any atom is -0.473 e. The molecule has 3 N–H and O–H groups in total. The molecule has 11 heteroatoms. The van der Waals surface area contributed by atoms with Crippen LogP contribution in [-0.2, 0) is 9.53 Å². The number of amides is 1. The zero-order valence-corrected chi connectivity index (χ0v) is 17.7. The predicted octanol–water partition coefficient (Wildman–Crippen LogP) is 2.49. The fourth-order valence-electron chi connectivity index (χ4n) is 3.90. The third kappa shape index (κ3) is 4.72. The van der Waals surface area contributed by atoms with E-state index in [1.165, 1.54) is 0 Å². The molecule has 9 nitrogen and oxygen atoms in total. The average molecular weight is 448 g/mol. The molecule has 32 heavy (non-hydrogen) atoms. The lowest BCUT2D eigenvalue weighted by atomic mass is 10.0. The maximum atomic E-state index is 13.6. The summed E-state index contributed by atoms with van der Waals surface area (Å²) in [5.74, 6) is -0.164. The van der Waals surface area contributed by atoms with Gasteiger partial charge >= 0.3 is 6.55 Å². The topological polar surface area (TPSA) is 114 Å². The molecule has 4 rings (SSSR count). The van der Waals surface area contributed by atoms with E-state index in [1.54, 1.807) is 19.2 Å². The lowest BCUT2D eigenvalue weighted by Gasteiger charge is -2.22. The molecule has 2 aliphatic rings. The Morgan fingerprint density at radius 2 is 2.22 bits per heavy atom. The van der Waals surface area contributed by atoms with Gasteiger partial charge in [0, 0.05) is 56.1 Å². The van der Waals surface area contributed by atoms with Crippen LogP contribution in [0.2, 0.25) is 0 Å². The molecule has 0 aliphatic carbocycles. The van der Waals surface area contributed by atoms with E-state index >= 15 is 0 Å². The van der Waals surface area contributed by atoms with Crippen LogP contribution in [0.5, 0.6) is 5.88 Å². The van der Waals surface area contributed by atoms with E-state index in [4.69, 9.17) is 14.9 Å². The number of hydrogen-bond donors (Lipinski definition) is 3. The molecular formula is C21H26F2N6O3. The molecule has 4 heterocycles. The molecule has 0 unspecified atom stereocenters. The van der Waals surface area contributed by atoms with Crippen molar-refractivity contribution in [2.45, 2.75) is 44.9 Å². The number of ether oxygens (including phenoxy) is 2. The summed E-state index contributed by atoms with van der Waals surface area (Å²) in [6.07, 6.45) is 5.48. The number of nitrogens with zero attached hydrogens (tertiary/aromatic N) is 3. The number of carbonyl (C=O) groups excluding carboxylic acids is 1. The Kier molecular flexibility index (Phi) is 6.63. The second-order valence-electron chi connectivity index (χ2n) is 8.00. The van der Waals surface area contributed by atoms with Crippen molar-refractivity contribution in [1.82, 2.24) is 25.2 Å². The van der Waals surface area contributed by atoms with Gasteiger partial charge in [-0.15, -0.1) is 0 Å². The SMILES string of the molecule is C[C@@H](Oc1nc(/C(C=N)=C/NC2CCOCC2)cc2ncn(C(F)F)c12)[C@H]1CNC(=O)C1. The van der Waals surface area contributed by atoms with E-state index in [0.717, 1.165) is 25.4 Å². The standard InChI is InChI=1S/C21H26F2N6O3/c1-12(13-6-18(30)26-9-13)32-20-19-17(27-11-29(19)21(22)23)7-16(28-20)14(8-24)10-25-15-2-4-31-5-3-15/h7-8,10-13,15,21,24-25H,2-6,9H2,1H3,(H,26,30)/b14-10+,24-8?/t12-,13-/m1/s1. The molecule has 2 fully saturated rings. The second kappa shape index (κ2) is 9.60. The number of nitrogens with one attached hydrogen (secondary N) is 3. The molecule has 0 radical (unpaired) electrons. The van der Waals surface area contributed by atoms with Crippen LogP contribution in [0.3, 0.4) is 0 Å². The van der Waals surface area contributed by atoms with Crippen molar-refractivity contribution < 1.29 is 23.0 Å². The molecule has 172 valence electrons. The van der Waals surface area contributed by atoms with Crippen LogP contribution >= 0.6 is 0 Å². The first kappa shape index (κ1) is 22.1. The van der Waals surface area contributed by atoms with Gasteiger partial charge in [0.1, 0.15) is 17.9 Å². The molecule has 2 aromatic heterocycles. The molecule has 2 saturated heterocycles. The van der Waals surface area contributed by atoms with Crippen molar-refractivity contribution >= 4 is 28.7 Å². The first-order valence-corrected chi connectivity index (χ1v) is 10.6. The Balaban J connectivity index is 1.67. The highest BCUT2D eigenvalue weighted by Crippen LogP contribution is 2.31. The van der Waals surface area contributed by atoms with Gasteiger partial charge in [0.25, 0.3) is 0 Å². The first-order chi connectivity index (χ1) is 15.5. The molecule has 2 aromatic rings. The molecule has 2 atom stereocenters. The van der Waals surface area contributed by atoms with Crippen LogP contribution in [0.15, 0.2) is 18.6 Å². The monoisotopic (exact) mass is 448 g/mol. The number of hydrogen-bond acceptors (Lipinski definition) is 7. The molecule has 1 amide bonds. The summed E-state index contributed by atoms with van der Waals surface area (Å²) in [6.45, 7) is 0.781. The Morgan fingerprint density at radius 1 is 1.44 bits per heavy atom. The van der Waals surface area contributed by atoms with E-state index in [1.807, 2.05) is 0 Å². The van der Waals surface area contributed by atoms with Crippen LogP contribution in [0.1, 0.15) is 38.4 Å². The summed E-state index contributed by atoms with van der Waals surface area (Å²) in [5.41, 5.74) is 1.22. The fraction of sp³-hybridized carbons (Fsp3) is 0.524. The van der Waals surface area contributed by atoms with E-state index < -0.39 is 12.7 Å². The smallest absolute Gasteiger partial charge is 0.320 e. The second-order valence-corrected chi connectivity index (χ2v) is 8.00. The highest BCUT2D eigenvalue weighted by molar-refractivity contribution is 6.08. The maximum Gasteiger partial charge on any atom is 0.320 e. The van der Waals surface area contributed by atoms with Crippen LogP contribution < -0.4 is 15.4 Å². The highest BCUT2D eigenvalue weighted by Gasteiger charge is 2.29. The average Bonchev–Trinajstić information content (AvgIpc) is 3.41. The number of allylic oxidation sites excluding steroid dienone is 1. The predicted molar refractivity (Wildman–Crippen MR) is 114 cm³/mol. The maximum absolute atomic E-state index is 13.6. The summed E-state index contributed by atoms with van der Waals surface area (Å²) in [4.78, 5) is 20.1. The quantitative estimate of drug-likeness (QED) is 0.535. The number of rotatable bonds is 8. The Bertz CT molecular complexity index is 1020. The lowest BCUT2D eigenvalue weighted by Crippen LogP contribution is -2.31. The van der Waals surface area contributed by atoms with Gasteiger partial charge in [0.15, 0.2) is 0 Å². The number of halogens is 2. The highest BCUT2D eigenvalue weighted by atomic mass is 19.3. The minimum absolute atomic E-state index is 0.000894. The van der Waals surface area contributed by atoms with E-state index in [9.17, 15) is 13.6 Å². The Morgan fingerprint density at radius 3 is 2.88 bits per heavy atom. The zero-order valence-electron chi connectivity index (χ0n) is 17.7. The molecule has 0 saturated carbocycles. The summed E-state index contributed by atoms with van der Waals surface area (Å²) in [7, 11) is 0. The van der Waals surface area contributed by atoms with Crippen LogP contribution in [0, 0.1) is 11.3 Å². The van der Waals surface area contributed by atoms with Crippen molar-refractivity contribution in [3.05, 3.63) is 24.3 Å². The van der Waals surface area contributed by atoms with E-state index in [0.29, 0.717) is 42.0 Å². The molecular weight excluding hydrogens is 422 g/mol. The number of fused-ring (bicyclic) bond motifs is 1. The van der Waals surface area contributed by atoms with Gasteiger partial charge in [-0.1, -0.05) is 0 Å². The summed E-state index contributed by atoms with van der Waals surface area (Å²) >= 11 is 0. The van der Waals surface area contributed by atoms with Gasteiger partial charge < -0.3 is 25.5 Å². The fourth-order valence-corrected chi connectivity index (χ4v) is 3.90. The summed E-state index contributed by atoms with van der Waals surface area (Å²) in [5, 5.41) is 13.9. The summed E-state index contributed by atoms with van der Waals surface area (Å²) < 4.78 is 39.2. The van der Waals surface area contributed by atoms with Gasteiger partial charge in [-0.2, -0.15) is 8.78 Å². The molecule has 2 aliphatic heterocycles. The normalized spacial score (nSPS) is 21.1. The number of carbonyl (C=O) groups is 1. The lowest BCUT2D eigenvalue weighted by molar-refractivity contribution is -0.119. The number of imidazole rings is 1. The van der Waals surface area contributed by atoms with Gasteiger partial charge in [-0.3, -0.25) is 9.36 Å². The van der Waals surface area contributed by atoms with E-state index in [-0.39, 0.29) is 34.8 Å². The first-order valence-electron chi connectivity index (χ1n) is 10.6. The molecule has 0 aromatic carbocycles. The van der Waals surface area contributed by atoms with Crippen LogP contribution in [0.25, 0.3) is 16.6 Å². The summed E-state index contributed by atoms with van der Waals surface area (Å²) in [6, 6.07) is 1.79. The number of alkyl halides is 2. The third-order valence-corrected chi connectivity index (χ3v) is 5.85.